The van der Waals surface area contributed by atoms with Crippen molar-refractivity contribution in [1.29, 1.82) is 0 Å². The summed E-state index contributed by atoms with van der Waals surface area (Å²) in [5.41, 5.74) is 7.59. The number of fused-ring (bicyclic) bond motifs is 8. The van der Waals surface area contributed by atoms with E-state index in [1.807, 2.05) is 24.3 Å². The molecule has 0 radical (unpaired) electrons. The molecular formula is C20H18N6. The highest BCUT2D eigenvalue weighted by Crippen LogP contribution is 2.08. The van der Waals surface area contributed by atoms with Crippen LogP contribution in [0.25, 0.3) is 23.9 Å². The van der Waals surface area contributed by atoms with Gasteiger partial charge in [-0.25, -0.2) is 0 Å². The van der Waals surface area contributed by atoms with Gasteiger partial charge in [-0.05, 0) is 66.8 Å². The number of aromatic amines is 4. The predicted molar refractivity (Wildman–Crippen MR) is 102 cm³/mol. The Hall–Kier alpha value is -3.64. The number of aromatic nitrogens is 4. The third-order valence-corrected chi connectivity index (χ3v) is 4.50. The van der Waals surface area contributed by atoms with E-state index in [0.29, 0.717) is 0 Å². The molecule has 4 aromatic heterocycles. The molecular weight excluding hydrogens is 324 g/mol. The van der Waals surface area contributed by atoms with Crippen LogP contribution < -0.4 is 32.7 Å². The third-order valence-electron chi connectivity index (χ3n) is 4.50. The maximum Gasteiger partial charge on any atom is 0.0960 e. The fourth-order valence-electron chi connectivity index (χ4n) is 3.28. The van der Waals surface area contributed by atoms with Crippen molar-refractivity contribution in [2.24, 2.45) is 5.84 Å². The van der Waals surface area contributed by atoms with Gasteiger partial charge in [-0.15, -0.1) is 0 Å². The highest BCUT2D eigenvalue weighted by atomic mass is 15.2. The average molecular weight is 342 g/mol. The Morgan fingerprint density at radius 1 is 0.577 bits per heavy atom. The Bertz CT molecular complexity index is 1330. The Morgan fingerprint density at radius 3 is 1.85 bits per heavy atom. The lowest BCUT2D eigenvalue weighted by Crippen LogP contribution is -2.28. The molecule has 4 aromatic rings. The summed E-state index contributed by atoms with van der Waals surface area (Å²) in [5.74, 6) is 5.79. The topological polar surface area (TPSA) is 101 Å². The van der Waals surface area contributed by atoms with Crippen LogP contribution in [0.3, 0.4) is 0 Å². The fraction of sp³-hybridized carbons (Fsp3) is 0. The van der Waals surface area contributed by atoms with Gasteiger partial charge in [0.15, 0.2) is 0 Å². The molecule has 0 aliphatic carbocycles. The SMILES string of the molecule is NNC1=c2ccc([nH]2)=Cc2ccc([nH]2)C=c2ccc([nH]2)=Cc2ccc1[nH]2. The molecule has 0 saturated heterocycles. The first-order valence-electron chi connectivity index (χ1n) is 8.41. The number of hydrogen-bond donors (Lipinski definition) is 6. The number of nitrogens with two attached hydrogens (primary N) is 1. The van der Waals surface area contributed by atoms with Gasteiger partial charge in [-0.3, -0.25) is 5.84 Å². The van der Waals surface area contributed by atoms with Crippen molar-refractivity contribution >= 4 is 23.9 Å². The lowest BCUT2D eigenvalue weighted by Gasteiger charge is -2.02. The zero-order valence-electron chi connectivity index (χ0n) is 13.9. The summed E-state index contributed by atoms with van der Waals surface area (Å²) in [5, 5.41) is 3.98. The smallest absolute Gasteiger partial charge is 0.0960 e. The van der Waals surface area contributed by atoms with E-state index in [1.165, 1.54) is 0 Å². The van der Waals surface area contributed by atoms with Crippen molar-refractivity contribution in [1.82, 2.24) is 25.4 Å². The lowest BCUT2D eigenvalue weighted by atomic mass is 10.3. The van der Waals surface area contributed by atoms with Crippen LogP contribution in [0.2, 0.25) is 0 Å². The molecule has 128 valence electrons. The molecule has 5 heterocycles. The highest BCUT2D eigenvalue weighted by molar-refractivity contribution is 5.62. The summed E-state index contributed by atoms with van der Waals surface area (Å²) in [6.45, 7) is 0. The van der Waals surface area contributed by atoms with E-state index in [4.69, 9.17) is 5.84 Å². The van der Waals surface area contributed by atoms with Crippen molar-refractivity contribution < 1.29 is 0 Å². The van der Waals surface area contributed by atoms with Gasteiger partial charge in [-0.1, -0.05) is 0 Å². The zero-order valence-corrected chi connectivity index (χ0v) is 13.9. The van der Waals surface area contributed by atoms with Crippen molar-refractivity contribution in [3.8, 4) is 0 Å². The van der Waals surface area contributed by atoms with Crippen LogP contribution >= 0.6 is 0 Å². The second-order valence-corrected chi connectivity index (χ2v) is 6.35. The van der Waals surface area contributed by atoms with Crippen molar-refractivity contribution in [3.05, 3.63) is 92.7 Å². The summed E-state index contributed by atoms with van der Waals surface area (Å²) in [7, 11) is 0. The number of rotatable bonds is 1. The van der Waals surface area contributed by atoms with Gasteiger partial charge in [0.1, 0.15) is 0 Å². The first-order chi connectivity index (χ1) is 12.8. The number of nitrogens with one attached hydrogen (secondary N) is 5. The van der Waals surface area contributed by atoms with Crippen LogP contribution in [0.5, 0.6) is 0 Å². The van der Waals surface area contributed by atoms with E-state index >= 15 is 0 Å². The van der Waals surface area contributed by atoms with E-state index in [2.05, 4.69) is 67.9 Å². The zero-order chi connectivity index (χ0) is 17.5. The van der Waals surface area contributed by atoms with Crippen LogP contribution in [-0.4, -0.2) is 19.9 Å². The molecule has 26 heavy (non-hydrogen) atoms. The quantitative estimate of drug-likeness (QED) is 0.206. The molecule has 0 spiro atoms. The van der Waals surface area contributed by atoms with E-state index in [0.717, 1.165) is 49.9 Å². The molecule has 0 aromatic carbocycles. The third kappa shape index (κ3) is 2.58. The van der Waals surface area contributed by atoms with Crippen LogP contribution in [0, 0.1) is 0 Å². The van der Waals surface area contributed by atoms with Crippen molar-refractivity contribution in [3.63, 3.8) is 0 Å². The largest absolute Gasteiger partial charge is 0.355 e. The van der Waals surface area contributed by atoms with Gasteiger partial charge in [0, 0.05) is 33.1 Å². The van der Waals surface area contributed by atoms with Crippen LogP contribution in [0.4, 0.5) is 0 Å². The monoisotopic (exact) mass is 342 g/mol. The predicted octanol–water partition coefficient (Wildman–Crippen LogP) is -0.581. The van der Waals surface area contributed by atoms with Gasteiger partial charge >= 0.3 is 0 Å². The van der Waals surface area contributed by atoms with Crippen molar-refractivity contribution in [2.45, 2.75) is 0 Å². The molecule has 0 fully saturated rings. The van der Waals surface area contributed by atoms with Gasteiger partial charge in [-0.2, -0.15) is 0 Å². The van der Waals surface area contributed by atoms with Gasteiger partial charge in [0.05, 0.1) is 16.7 Å². The molecule has 1 aliphatic heterocycles. The molecule has 6 heteroatoms. The minimum atomic E-state index is 0.809. The van der Waals surface area contributed by atoms with E-state index in [9.17, 15) is 0 Å². The molecule has 0 atom stereocenters. The Morgan fingerprint density at radius 2 is 1.15 bits per heavy atom. The van der Waals surface area contributed by atoms with E-state index in [-0.39, 0.29) is 0 Å². The van der Waals surface area contributed by atoms with E-state index in [1.54, 1.807) is 0 Å². The maximum absolute atomic E-state index is 5.79. The number of H-pyrrole nitrogens is 4. The highest BCUT2D eigenvalue weighted by Gasteiger charge is 2.05. The summed E-state index contributed by atoms with van der Waals surface area (Å²) in [4.78, 5) is 13.6. The molecule has 5 rings (SSSR count). The van der Waals surface area contributed by atoms with Crippen LogP contribution in [0.15, 0.2) is 48.5 Å². The number of hydrogen-bond acceptors (Lipinski definition) is 2. The summed E-state index contributed by atoms with van der Waals surface area (Å²) in [6, 6.07) is 16.3. The molecule has 1 aliphatic rings. The Kier molecular flexibility index (Phi) is 3.23. The normalized spacial score (nSPS) is 12.9. The van der Waals surface area contributed by atoms with Crippen LogP contribution in [-0.2, 0) is 0 Å². The van der Waals surface area contributed by atoms with Crippen molar-refractivity contribution in [2.75, 3.05) is 0 Å². The standard InChI is InChI=1S/C20H18N6/c21-26-20-18-7-5-16(24-18)10-14-3-1-12(22-14)9-13-2-4-15(23-13)11-17-6-8-19(20)25-17/h1-11,22-26H,21H2. The first-order valence-corrected chi connectivity index (χ1v) is 8.41. The first kappa shape index (κ1) is 14.7. The minimum absolute atomic E-state index is 0.809. The van der Waals surface area contributed by atoms with E-state index < -0.39 is 0 Å². The number of hydrazine groups is 1. The minimum Gasteiger partial charge on any atom is -0.355 e. The maximum atomic E-state index is 5.79. The Labute approximate surface area is 148 Å². The molecule has 0 amide bonds. The summed E-state index contributed by atoms with van der Waals surface area (Å²) in [6.07, 6.45) is 6.22. The fourth-order valence-corrected chi connectivity index (χ4v) is 3.28. The molecule has 0 saturated carbocycles. The summed E-state index contributed by atoms with van der Waals surface area (Å²) >= 11 is 0. The summed E-state index contributed by atoms with van der Waals surface area (Å²) < 4.78 is 0. The van der Waals surface area contributed by atoms with Gasteiger partial charge in [0.2, 0.25) is 0 Å². The molecule has 8 bridgehead atoms. The molecule has 6 nitrogen and oxygen atoms in total. The average Bonchev–Trinajstić information content (AvgIpc) is 3.39. The Balaban J connectivity index is 1.82. The second kappa shape index (κ2) is 5.72. The lowest BCUT2D eigenvalue weighted by molar-refractivity contribution is 0.963. The molecule has 0 unspecified atom stereocenters. The molecule has 7 N–H and O–H groups in total. The van der Waals surface area contributed by atoms with Gasteiger partial charge in [0.25, 0.3) is 0 Å². The van der Waals surface area contributed by atoms with Crippen LogP contribution in [0.1, 0.15) is 22.8 Å². The van der Waals surface area contributed by atoms with Gasteiger partial charge < -0.3 is 25.4 Å². The second-order valence-electron chi connectivity index (χ2n) is 6.35.